The second-order valence-corrected chi connectivity index (χ2v) is 7.35. The van der Waals surface area contributed by atoms with E-state index >= 15 is 0 Å². The lowest BCUT2D eigenvalue weighted by atomic mass is 9.67. The van der Waals surface area contributed by atoms with Gasteiger partial charge in [0.25, 0.3) is 0 Å². The Morgan fingerprint density at radius 3 is 2.43 bits per heavy atom. The summed E-state index contributed by atoms with van der Waals surface area (Å²) in [5.41, 5.74) is 5.92. The number of benzene rings is 1. The Morgan fingerprint density at radius 2 is 1.90 bits per heavy atom. The lowest BCUT2D eigenvalue weighted by Gasteiger charge is -2.47. The number of hydrazine groups is 1. The van der Waals surface area contributed by atoms with Crippen molar-refractivity contribution in [3.8, 4) is 0 Å². The molecule has 2 rings (SSSR count). The van der Waals surface area contributed by atoms with Crippen LogP contribution in [0.1, 0.15) is 50.7 Å². The number of nitrogens with two attached hydrogens (primary N) is 1. The van der Waals surface area contributed by atoms with E-state index in [0.717, 1.165) is 19.3 Å². The zero-order valence-electron chi connectivity index (χ0n) is 13.9. The molecule has 1 aromatic carbocycles. The van der Waals surface area contributed by atoms with Gasteiger partial charge in [-0.2, -0.15) is 0 Å². The third-order valence-electron chi connectivity index (χ3n) is 5.21. The minimum atomic E-state index is -0.145. The number of aryl methyl sites for hydroxylation is 1. The van der Waals surface area contributed by atoms with Gasteiger partial charge in [-0.25, -0.2) is 0 Å². The molecule has 1 aliphatic rings. The number of hydrogen-bond acceptors (Lipinski definition) is 3. The molecule has 0 radical (unpaired) electrons. The van der Waals surface area contributed by atoms with Gasteiger partial charge in [0, 0.05) is 7.11 Å². The minimum Gasteiger partial charge on any atom is -0.377 e. The van der Waals surface area contributed by atoms with Crippen LogP contribution in [-0.2, 0) is 11.2 Å². The smallest absolute Gasteiger partial charge is 0.0848 e. The molecule has 0 aromatic heterocycles. The van der Waals surface area contributed by atoms with E-state index in [0.29, 0.717) is 5.41 Å². The maximum absolute atomic E-state index is 5.99. The van der Waals surface area contributed by atoms with E-state index in [1.165, 1.54) is 24.0 Å². The molecule has 0 aliphatic heterocycles. The fraction of sp³-hybridized carbons (Fsp3) is 0.667. The molecule has 1 fully saturated rings. The third-order valence-corrected chi connectivity index (χ3v) is 5.21. The SMILES string of the molecule is COC1(C(Cc2cccc(C)c2)NN)CCC(C)(C)CC1. The van der Waals surface area contributed by atoms with Crippen molar-refractivity contribution in [3.05, 3.63) is 35.4 Å². The molecule has 1 atom stereocenters. The summed E-state index contributed by atoms with van der Waals surface area (Å²) in [7, 11) is 1.83. The van der Waals surface area contributed by atoms with Crippen molar-refractivity contribution in [1.82, 2.24) is 5.43 Å². The summed E-state index contributed by atoms with van der Waals surface area (Å²) in [6, 6.07) is 8.81. The van der Waals surface area contributed by atoms with E-state index in [4.69, 9.17) is 10.6 Å². The Morgan fingerprint density at radius 1 is 1.24 bits per heavy atom. The van der Waals surface area contributed by atoms with Crippen LogP contribution in [0.4, 0.5) is 0 Å². The van der Waals surface area contributed by atoms with Crippen molar-refractivity contribution < 1.29 is 4.74 Å². The van der Waals surface area contributed by atoms with Gasteiger partial charge in [-0.1, -0.05) is 43.7 Å². The van der Waals surface area contributed by atoms with E-state index < -0.39 is 0 Å². The molecule has 3 nitrogen and oxygen atoms in total. The number of hydrogen-bond donors (Lipinski definition) is 2. The maximum Gasteiger partial charge on any atom is 0.0848 e. The number of ether oxygens (including phenoxy) is 1. The lowest BCUT2D eigenvalue weighted by molar-refractivity contribution is -0.0862. The van der Waals surface area contributed by atoms with Gasteiger partial charge in [-0.3, -0.25) is 11.3 Å². The topological polar surface area (TPSA) is 47.3 Å². The van der Waals surface area contributed by atoms with E-state index in [1.807, 2.05) is 7.11 Å². The second kappa shape index (κ2) is 6.47. The second-order valence-electron chi connectivity index (χ2n) is 7.35. The zero-order chi connectivity index (χ0) is 15.5. The molecule has 0 heterocycles. The number of rotatable bonds is 5. The van der Waals surface area contributed by atoms with Gasteiger partial charge < -0.3 is 4.74 Å². The summed E-state index contributed by atoms with van der Waals surface area (Å²) in [6.45, 7) is 6.82. The van der Waals surface area contributed by atoms with E-state index in [-0.39, 0.29) is 11.6 Å². The first-order valence-electron chi connectivity index (χ1n) is 7.98. The van der Waals surface area contributed by atoms with Crippen LogP contribution in [0.15, 0.2) is 24.3 Å². The van der Waals surface area contributed by atoms with Crippen LogP contribution in [0.25, 0.3) is 0 Å². The number of nitrogens with one attached hydrogen (secondary N) is 1. The summed E-state index contributed by atoms with van der Waals surface area (Å²) in [5, 5.41) is 0. The third kappa shape index (κ3) is 3.85. The van der Waals surface area contributed by atoms with Gasteiger partial charge in [-0.05, 0) is 50.0 Å². The molecule has 0 spiro atoms. The highest BCUT2D eigenvalue weighted by Crippen LogP contribution is 2.43. The largest absolute Gasteiger partial charge is 0.377 e. The number of methoxy groups -OCH3 is 1. The van der Waals surface area contributed by atoms with Crippen LogP contribution in [0.3, 0.4) is 0 Å². The Kier molecular flexibility index (Phi) is 5.07. The maximum atomic E-state index is 5.99. The monoisotopic (exact) mass is 290 g/mol. The van der Waals surface area contributed by atoms with Gasteiger partial charge in [0.2, 0.25) is 0 Å². The zero-order valence-corrected chi connectivity index (χ0v) is 13.9. The fourth-order valence-corrected chi connectivity index (χ4v) is 3.52. The first-order valence-corrected chi connectivity index (χ1v) is 7.98. The van der Waals surface area contributed by atoms with E-state index in [1.54, 1.807) is 0 Å². The van der Waals surface area contributed by atoms with Crippen LogP contribution in [-0.4, -0.2) is 18.8 Å². The van der Waals surface area contributed by atoms with Crippen molar-refractivity contribution in [2.24, 2.45) is 11.3 Å². The Labute approximate surface area is 129 Å². The molecule has 0 bridgehead atoms. The summed E-state index contributed by atoms with van der Waals surface area (Å²) in [5.74, 6) is 5.89. The van der Waals surface area contributed by atoms with E-state index in [9.17, 15) is 0 Å². The highest BCUT2D eigenvalue weighted by Gasteiger charge is 2.43. The van der Waals surface area contributed by atoms with Crippen LogP contribution in [0, 0.1) is 12.3 Å². The van der Waals surface area contributed by atoms with Crippen LogP contribution in [0.5, 0.6) is 0 Å². The molecule has 1 saturated carbocycles. The molecule has 1 aromatic rings. The molecule has 3 N–H and O–H groups in total. The van der Waals surface area contributed by atoms with Crippen molar-refractivity contribution in [3.63, 3.8) is 0 Å². The first-order chi connectivity index (χ1) is 9.91. The molecule has 1 unspecified atom stereocenters. The summed E-state index contributed by atoms with van der Waals surface area (Å²) < 4.78 is 5.99. The predicted molar refractivity (Wildman–Crippen MR) is 88.0 cm³/mol. The molecule has 0 amide bonds. The highest BCUT2D eigenvalue weighted by molar-refractivity contribution is 5.23. The van der Waals surface area contributed by atoms with Crippen molar-refractivity contribution in [2.45, 2.75) is 64.5 Å². The molecule has 0 saturated heterocycles. The Bertz CT molecular complexity index is 460. The minimum absolute atomic E-state index is 0.145. The molecular formula is C18H30N2O. The molecular weight excluding hydrogens is 260 g/mol. The van der Waals surface area contributed by atoms with Crippen molar-refractivity contribution >= 4 is 0 Å². The van der Waals surface area contributed by atoms with Gasteiger partial charge in [0.05, 0.1) is 11.6 Å². The average molecular weight is 290 g/mol. The van der Waals surface area contributed by atoms with Gasteiger partial charge in [0.15, 0.2) is 0 Å². The fourth-order valence-electron chi connectivity index (χ4n) is 3.52. The summed E-state index contributed by atoms with van der Waals surface area (Å²) in [4.78, 5) is 0. The van der Waals surface area contributed by atoms with Crippen LogP contribution in [0.2, 0.25) is 0 Å². The Balaban J connectivity index is 2.14. The molecule has 1 aliphatic carbocycles. The normalized spacial score (nSPS) is 22.0. The first kappa shape index (κ1) is 16.5. The van der Waals surface area contributed by atoms with Crippen molar-refractivity contribution in [1.29, 1.82) is 0 Å². The quantitative estimate of drug-likeness (QED) is 0.646. The molecule has 118 valence electrons. The standard InChI is InChI=1S/C18H30N2O/c1-14-6-5-7-15(12-14)13-16(20-19)18(21-4)10-8-17(2,3)9-11-18/h5-7,12,16,20H,8-11,13,19H2,1-4H3. The Hall–Kier alpha value is -0.900. The molecule has 3 heteroatoms. The average Bonchev–Trinajstić information content (AvgIpc) is 2.46. The summed E-state index contributed by atoms with van der Waals surface area (Å²) >= 11 is 0. The highest BCUT2D eigenvalue weighted by atomic mass is 16.5. The predicted octanol–water partition coefficient (Wildman–Crippen LogP) is 3.35. The van der Waals surface area contributed by atoms with Gasteiger partial charge >= 0.3 is 0 Å². The van der Waals surface area contributed by atoms with Crippen molar-refractivity contribution in [2.75, 3.05) is 7.11 Å². The van der Waals surface area contributed by atoms with Gasteiger partial charge in [-0.15, -0.1) is 0 Å². The lowest BCUT2D eigenvalue weighted by Crippen LogP contribution is -2.57. The van der Waals surface area contributed by atoms with Gasteiger partial charge in [0.1, 0.15) is 0 Å². The summed E-state index contributed by atoms with van der Waals surface area (Å²) in [6.07, 6.45) is 5.42. The van der Waals surface area contributed by atoms with Crippen LogP contribution >= 0.6 is 0 Å². The van der Waals surface area contributed by atoms with Crippen LogP contribution < -0.4 is 11.3 Å². The molecule has 21 heavy (non-hydrogen) atoms. The van der Waals surface area contributed by atoms with E-state index in [2.05, 4.69) is 50.5 Å².